The van der Waals surface area contributed by atoms with Crippen LogP contribution in [-0.4, -0.2) is 31.1 Å². The number of nitrogens with one attached hydrogen (secondary N) is 1. The molecule has 0 spiro atoms. The second kappa shape index (κ2) is 6.24. The third-order valence-corrected chi connectivity index (χ3v) is 4.55. The van der Waals surface area contributed by atoms with E-state index in [1.165, 1.54) is 38.0 Å². The molecule has 1 heterocycles. The highest BCUT2D eigenvalue weighted by molar-refractivity contribution is 5.42. The Bertz CT molecular complexity index is 343. The Morgan fingerprint density at radius 2 is 1.89 bits per heavy atom. The highest BCUT2D eigenvalue weighted by Gasteiger charge is 2.34. The Morgan fingerprint density at radius 3 is 2.50 bits per heavy atom. The number of benzene rings is 1. The third-order valence-electron chi connectivity index (χ3n) is 4.55. The number of nitrogens with zero attached hydrogens (tertiary/aromatic N) is 1. The molecule has 2 rings (SSSR count). The van der Waals surface area contributed by atoms with Crippen molar-refractivity contribution in [3.8, 4) is 0 Å². The lowest BCUT2D eigenvalue weighted by Crippen LogP contribution is -2.30. The Labute approximate surface area is 111 Å². The summed E-state index contributed by atoms with van der Waals surface area (Å²) in [6.07, 6.45) is 4.03. The summed E-state index contributed by atoms with van der Waals surface area (Å²) in [6.45, 7) is 9.46. The maximum atomic E-state index is 3.49. The summed E-state index contributed by atoms with van der Waals surface area (Å²) in [4.78, 5) is 2.61. The second-order valence-electron chi connectivity index (χ2n) is 5.53. The predicted molar refractivity (Wildman–Crippen MR) is 79.0 cm³/mol. The lowest BCUT2D eigenvalue weighted by Gasteiger charge is -2.26. The molecule has 1 saturated heterocycles. The molecule has 1 aliphatic heterocycles. The van der Waals surface area contributed by atoms with E-state index >= 15 is 0 Å². The van der Waals surface area contributed by atoms with Crippen LogP contribution in [0.4, 0.5) is 5.69 Å². The highest BCUT2D eigenvalue weighted by atomic mass is 15.2. The molecule has 0 bridgehead atoms. The molecule has 0 amide bonds. The minimum Gasteiger partial charge on any atom is -0.384 e. The first kappa shape index (κ1) is 13.4. The topological polar surface area (TPSA) is 15.3 Å². The quantitative estimate of drug-likeness (QED) is 0.825. The van der Waals surface area contributed by atoms with Crippen molar-refractivity contribution >= 4 is 5.69 Å². The van der Waals surface area contributed by atoms with Crippen LogP contribution in [0.2, 0.25) is 0 Å². The minimum absolute atomic E-state index is 0.604. The van der Waals surface area contributed by atoms with Crippen molar-refractivity contribution in [1.82, 2.24) is 4.90 Å². The summed E-state index contributed by atoms with van der Waals surface area (Å²) in [5.41, 5.74) is 1.83. The molecule has 2 nitrogen and oxygen atoms in total. The van der Waals surface area contributed by atoms with Gasteiger partial charge >= 0.3 is 0 Å². The van der Waals surface area contributed by atoms with Crippen molar-refractivity contribution in [1.29, 1.82) is 0 Å². The van der Waals surface area contributed by atoms with E-state index in [9.17, 15) is 0 Å². The fraction of sp³-hybridized carbons (Fsp3) is 0.625. The summed E-state index contributed by atoms with van der Waals surface area (Å²) < 4.78 is 0. The van der Waals surface area contributed by atoms with Crippen LogP contribution in [0.5, 0.6) is 0 Å². The summed E-state index contributed by atoms with van der Waals surface area (Å²) in [6, 6.07) is 10.5. The number of hydrogen-bond acceptors (Lipinski definition) is 2. The van der Waals surface area contributed by atoms with E-state index in [0.717, 1.165) is 13.1 Å². The van der Waals surface area contributed by atoms with Gasteiger partial charge in [0.05, 0.1) is 0 Å². The van der Waals surface area contributed by atoms with Crippen LogP contribution >= 0.6 is 0 Å². The molecular weight excluding hydrogens is 220 g/mol. The second-order valence-corrected chi connectivity index (χ2v) is 5.53. The highest BCUT2D eigenvalue weighted by Crippen LogP contribution is 2.36. The molecule has 0 atom stereocenters. The molecule has 0 aliphatic carbocycles. The zero-order valence-corrected chi connectivity index (χ0v) is 11.8. The molecule has 1 N–H and O–H groups in total. The van der Waals surface area contributed by atoms with E-state index in [1.54, 1.807) is 0 Å². The molecular formula is C16H26N2. The molecule has 2 heteroatoms. The van der Waals surface area contributed by atoms with E-state index in [4.69, 9.17) is 0 Å². The van der Waals surface area contributed by atoms with Crippen LogP contribution in [0.15, 0.2) is 30.3 Å². The first-order valence-corrected chi connectivity index (χ1v) is 7.29. The van der Waals surface area contributed by atoms with Crippen molar-refractivity contribution in [3.63, 3.8) is 0 Å². The van der Waals surface area contributed by atoms with E-state index < -0.39 is 0 Å². The Balaban J connectivity index is 1.73. The summed E-state index contributed by atoms with van der Waals surface area (Å²) in [5.74, 6) is 0. The fourth-order valence-corrected chi connectivity index (χ4v) is 2.96. The van der Waals surface area contributed by atoms with E-state index in [0.29, 0.717) is 5.41 Å². The standard InChI is InChI=1S/C16H26N2/c1-3-16(4-2)10-12-18(14-16)13-11-17-15-8-6-5-7-9-15/h5-9,17H,3-4,10-14H2,1-2H3. The Kier molecular flexibility index (Phi) is 4.65. The van der Waals surface area contributed by atoms with Gasteiger partial charge in [0.2, 0.25) is 0 Å². The van der Waals surface area contributed by atoms with Crippen molar-refractivity contribution in [3.05, 3.63) is 30.3 Å². The molecule has 0 radical (unpaired) electrons. The number of likely N-dealkylation sites (tertiary alicyclic amines) is 1. The normalized spacial score (nSPS) is 19.0. The minimum atomic E-state index is 0.604. The zero-order valence-electron chi connectivity index (χ0n) is 11.8. The van der Waals surface area contributed by atoms with Gasteiger partial charge < -0.3 is 10.2 Å². The average molecular weight is 246 g/mol. The van der Waals surface area contributed by atoms with Crippen LogP contribution in [0.1, 0.15) is 33.1 Å². The number of anilines is 1. The molecule has 100 valence electrons. The van der Waals surface area contributed by atoms with Crippen LogP contribution in [0, 0.1) is 5.41 Å². The molecule has 1 fully saturated rings. The third kappa shape index (κ3) is 3.26. The maximum absolute atomic E-state index is 3.49. The van der Waals surface area contributed by atoms with Crippen LogP contribution in [-0.2, 0) is 0 Å². The summed E-state index contributed by atoms with van der Waals surface area (Å²) in [5, 5.41) is 3.49. The van der Waals surface area contributed by atoms with Gasteiger partial charge in [-0.25, -0.2) is 0 Å². The summed E-state index contributed by atoms with van der Waals surface area (Å²) >= 11 is 0. The molecule has 1 aliphatic rings. The molecule has 1 aromatic carbocycles. The van der Waals surface area contributed by atoms with Crippen LogP contribution in [0.25, 0.3) is 0 Å². The predicted octanol–water partition coefficient (Wildman–Crippen LogP) is 3.61. The van der Waals surface area contributed by atoms with Crippen molar-refractivity contribution in [2.45, 2.75) is 33.1 Å². The van der Waals surface area contributed by atoms with Gasteiger partial charge in [-0.15, -0.1) is 0 Å². The molecule has 0 saturated carbocycles. The maximum Gasteiger partial charge on any atom is 0.0340 e. The lowest BCUT2D eigenvalue weighted by molar-refractivity contribution is 0.245. The van der Waals surface area contributed by atoms with Crippen LogP contribution in [0.3, 0.4) is 0 Å². The zero-order chi connectivity index (χ0) is 12.8. The smallest absolute Gasteiger partial charge is 0.0340 e. The number of rotatable bonds is 6. The van der Waals surface area contributed by atoms with Crippen molar-refractivity contribution in [2.24, 2.45) is 5.41 Å². The van der Waals surface area contributed by atoms with Gasteiger partial charge in [0, 0.05) is 25.3 Å². The number of hydrogen-bond donors (Lipinski definition) is 1. The van der Waals surface area contributed by atoms with Crippen LogP contribution < -0.4 is 5.32 Å². The van der Waals surface area contributed by atoms with Gasteiger partial charge in [0.1, 0.15) is 0 Å². The Morgan fingerprint density at radius 1 is 1.17 bits per heavy atom. The first-order chi connectivity index (χ1) is 8.78. The van der Waals surface area contributed by atoms with E-state index in [1.807, 2.05) is 0 Å². The Hall–Kier alpha value is -1.02. The lowest BCUT2D eigenvalue weighted by atomic mass is 9.82. The van der Waals surface area contributed by atoms with Gasteiger partial charge in [0.25, 0.3) is 0 Å². The van der Waals surface area contributed by atoms with Crippen molar-refractivity contribution in [2.75, 3.05) is 31.5 Å². The average Bonchev–Trinajstić information content (AvgIpc) is 2.84. The van der Waals surface area contributed by atoms with E-state index in [-0.39, 0.29) is 0 Å². The largest absolute Gasteiger partial charge is 0.384 e. The van der Waals surface area contributed by atoms with E-state index in [2.05, 4.69) is 54.4 Å². The molecule has 0 aromatic heterocycles. The monoisotopic (exact) mass is 246 g/mol. The van der Waals surface area contributed by atoms with Gasteiger partial charge in [-0.1, -0.05) is 32.0 Å². The van der Waals surface area contributed by atoms with Gasteiger partial charge in [0.15, 0.2) is 0 Å². The van der Waals surface area contributed by atoms with Crippen molar-refractivity contribution < 1.29 is 0 Å². The molecule has 1 aromatic rings. The van der Waals surface area contributed by atoms with Gasteiger partial charge in [-0.3, -0.25) is 0 Å². The molecule has 0 unspecified atom stereocenters. The SMILES string of the molecule is CCC1(CC)CCN(CCNc2ccccc2)C1. The van der Waals surface area contributed by atoms with Gasteiger partial charge in [-0.05, 0) is 43.4 Å². The first-order valence-electron chi connectivity index (χ1n) is 7.29. The van der Waals surface area contributed by atoms with Gasteiger partial charge in [-0.2, -0.15) is 0 Å². The summed E-state index contributed by atoms with van der Waals surface area (Å²) in [7, 11) is 0. The fourth-order valence-electron chi connectivity index (χ4n) is 2.96. The number of para-hydroxylation sites is 1. The molecule has 18 heavy (non-hydrogen) atoms.